The number of ether oxygens (including phenoxy) is 4. The van der Waals surface area contributed by atoms with Gasteiger partial charge in [-0.1, -0.05) is 35.4 Å². The van der Waals surface area contributed by atoms with Gasteiger partial charge in [0, 0.05) is 30.4 Å². The molecule has 1 aliphatic heterocycles. The van der Waals surface area contributed by atoms with E-state index in [4.69, 9.17) is 30.5 Å². The summed E-state index contributed by atoms with van der Waals surface area (Å²) in [6.07, 6.45) is 2.51. The first kappa shape index (κ1) is 28.0. The second-order valence-corrected chi connectivity index (χ2v) is 10.3. The van der Waals surface area contributed by atoms with Gasteiger partial charge in [-0.05, 0) is 54.8 Å². The fourth-order valence-electron chi connectivity index (χ4n) is 4.38. The Bertz CT molecular complexity index is 1530. The summed E-state index contributed by atoms with van der Waals surface area (Å²) in [5.74, 6) is 1.08. The standard InChI is InChI=1S/C31H30ClFN2O5/c1-19-4-7-28(33)22(10-19)13-23(36)12-21-5-6-24(14-27(21)32)40-31-26-11-20(2)30(15-29(26)34-18-35-31)39-9-3-8-38-25-16-37-17-25/h4-7,10-11,14-15,18,25H,3,8-9,12-13,16-17H2,1-2H3. The third-order valence-corrected chi connectivity index (χ3v) is 6.97. The first-order valence-corrected chi connectivity index (χ1v) is 13.5. The SMILES string of the molecule is Cc1ccc(F)c(CC(=O)Cc2ccc(Oc3ncnc4cc(OCCCOC5COC5)c(C)cc34)cc2Cl)c1. The molecule has 7 nitrogen and oxygen atoms in total. The van der Waals surface area contributed by atoms with Crippen LogP contribution in [0.5, 0.6) is 17.4 Å². The largest absolute Gasteiger partial charge is 0.493 e. The Kier molecular flexibility index (Phi) is 8.89. The highest BCUT2D eigenvalue weighted by molar-refractivity contribution is 6.31. The predicted octanol–water partition coefficient (Wildman–Crippen LogP) is 6.37. The number of carbonyl (C=O) groups excluding carboxylic acids is 1. The molecule has 0 saturated carbocycles. The Balaban J connectivity index is 1.22. The van der Waals surface area contributed by atoms with Crippen LogP contribution in [0.1, 0.15) is 28.7 Å². The number of fused-ring (bicyclic) bond motifs is 1. The molecule has 1 aromatic heterocycles. The molecule has 208 valence electrons. The lowest BCUT2D eigenvalue weighted by Crippen LogP contribution is -2.36. The topological polar surface area (TPSA) is 79.8 Å². The number of hydrogen-bond donors (Lipinski definition) is 0. The molecule has 4 aromatic rings. The van der Waals surface area contributed by atoms with Gasteiger partial charge >= 0.3 is 0 Å². The van der Waals surface area contributed by atoms with E-state index in [0.717, 1.165) is 28.7 Å². The Morgan fingerprint density at radius 2 is 1.85 bits per heavy atom. The van der Waals surface area contributed by atoms with E-state index < -0.39 is 0 Å². The molecule has 2 heterocycles. The molecule has 0 bridgehead atoms. The minimum Gasteiger partial charge on any atom is -0.493 e. The lowest BCUT2D eigenvalue weighted by atomic mass is 10.0. The average Bonchev–Trinajstić information content (AvgIpc) is 2.89. The van der Waals surface area contributed by atoms with Crippen LogP contribution in [0.4, 0.5) is 4.39 Å². The number of carbonyl (C=O) groups is 1. The zero-order valence-corrected chi connectivity index (χ0v) is 23.2. The number of Topliss-reactive ketones (excluding diaryl/α,β-unsaturated/α-hetero) is 1. The van der Waals surface area contributed by atoms with Gasteiger partial charge in [0.25, 0.3) is 0 Å². The molecule has 1 saturated heterocycles. The van der Waals surface area contributed by atoms with Gasteiger partial charge in [-0.3, -0.25) is 4.79 Å². The molecule has 1 aliphatic rings. The fraction of sp³-hybridized carbons (Fsp3) is 0.323. The van der Waals surface area contributed by atoms with E-state index in [9.17, 15) is 9.18 Å². The van der Waals surface area contributed by atoms with Gasteiger partial charge in [0.1, 0.15) is 35.5 Å². The molecule has 40 heavy (non-hydrogen) atoms. The molecule has 0 N–H and O–H groups in total. The van der Waals surface area contributed by atoms with Crippen molar-refractivity contribution in [2.75, 3.05) is 26.4 Å². The molecule has 0 amide bonds. The minimum absolute atomic E-state index is 0.00371. The van der Waals surface area contributed by atoms with Crippen molar-refractivity contribution in [3.05, 3.63) is 88.0 Å². The van der Waals surface area contributed by atoms with Crippen molar-refractivity contribution in [3.63, 3.8) is 0 Å². The van der Waals surface area contributed by atoms with Crippen LogP contribution in [0, 0.1) is 19.7 Å². The van der Waals surface area contributed by atoms with E-state index >= 15 is 0 Å². The van der Waals surface area contributed by atoms with Crippen molar-refractivity contribution in [2.45, 2.75) is 39.2 Å². The number of ketones is 1. The number of hydrogen-bond acceptors (Lipinski definition) is 7. The van der Waals surface area contributed by atoms with Crippen LogP contribution < -0.4 is 9.47 Å². The van der Waals surface area contributed by atoms with Crippen LogP contribution >= 0.6 is 11.6 Å². The number of halogens is 2. The quantitative estimate of drug-likeness (QED) is 0.185. The van der Waals surface area contributed by atoms with Gasteiger partial charge in [0.15, 0.2) is 0 Å². The second kappa shape index (κ2) is 12.7. The maximum atomic E-state index is 14.1. The number of aryl methyl sites for hydroxylation is 2. The van der Waals surface area contributed by atoms with Crippen molar-refractivity contribution in [3.8, 4) is 17.4 Å². The summed E-state index contributed by atoms with van der Waals surface area (Å²) in [7, 11) is 0. The summed E-state index contributed by atoms with van der Waals surface area (Å²) < 4.78 is 36.9. The van der Waals surface area contributed by atoms with Gasteiger partial charge in [0.2, 0.25) is 5.88 Å². The molecule has 0 atom stereocenters. The molecule has 9 heteroatoms. The summed E-state index contributed by atoms with van der Waals surface area (Å²) in [5.41, 5.74) is 3.54. The minimum atomic E-state index is -0.385. The van der Waals surface area contributed by atoms with E-state index in [2.05, 4.69) is 9.97 Å². The highest BCUT2D eigenvalue weighted by Crippen LogP contribution is 2.33. The molecule has 0 radical (unpaired) electrons. The van der Waals surface area contributed by atoms with Crippen LogP contribution in [0.3, 0.4) is 0 Å². The fourth-order valence-corrected chi connectivity index (χ4v) is 4.62. The van der Waals surface area contributed by atoms with Crippen LogP contribution in [0.25, 0.3) is 10.9 Å². The van der Waals surface area contributed by atoms with E-state index in [0.29, 0.717) is 59.7 Å². The van der Waals surface area contributed by atoms with E-state index in [1.54, 1.807) is 30.3 Å². The Hall–Kier alpha value is -3.59. The van der Waals surface area contributed by atoms with Crippen molar-refractivity contribution in [2.24, 2.45) is 0 Å². The number of aromatic nitrogens is 2. The van der Waals surface area contributed by atoms with Crippen LogP contribution in [0.2, 0.25) is 5.02 Å². The number of rotatable bonds is 12. The van der Waals surface area contributed by atoms with Crippen LogP contribution in [-0.2, 0) is 27.1 Å². The Morgan fingerprint density at radius 1 is 1.02 bits per heavy atom. The third kappa shape index (κ3) is 6.94. The second-order valence-electron chi connectivity index (χ2n) is 9.89. The average molecular weight is 565 g/mol. The smallest absolute Gasteiger partial charge is 0.230 e. The maximum Gasteiger partial charge on any atom is 0.230 e. The van der Waals surface area contributed by atoms with E-state index in [1.807, 2.05) is 26.0 Å². The van der Waals surface area contributed by atoms with Crippen LogP contribution in [0.15, 0.2) is 54.9 Å². The molecular formula is C31H30ClFN2O5. The number of benzene rings is 3. The van der Waals surface area contributed by atoms with Crippen molar-refractivity contribution in [1.82, 2.24) is 9.97 Å². The lowest BCUT2D eigenvalue weighted by Gasteiger charge is -2.25. The van der Waals surface area contributed by atoms with Gasteiger partial charge in [-0.2, -0.15) is 0 Å². The van der Waals surface area contributed by atoms with Gasteiger partial charge < -0.3 is 18.9 Å². The summed E-state index contributed by atoms with van der Waals surface area (Å²) >= 11 is 6.49. The monoisotopic (exact) mass is 564 g/mol. The first-order valence-electron chi connectivity index (χ1n) is 13.2. The molecule has 0 unspecified atom stereocenters. The molecule has 0 aliphatic carbocycles. The zero-order chi connectivity index (χ0) is 28.1. The Morgan fingerprint density at radius 3 is 2.62 bits per heavy atom. The summed E-state index contributed by atoms with van der Waals surface area (Å²) in [4.78, 5) is 21.3. The van der Waals surface area contributed by atoms with Crippen molar-refractivity contribution < 1.29 is 28.1 Å². The van der Waals surface area contributed by atoms with Crippen LogP contribution in [-0.4, -0.2) is 48.3 Å². The zero-order valence-electron chi connectivity index (χ0n) is 22.4. The lowest BCUT2D eigenvalue weighted by molar-refractivity contribution is -0.130. The van der Waals surface area contributed by atoms with Gasteiger partial charge in [0.05, 0.1) is 37.3 Å². The van der Waals surface area contributed by atoms with Gasteiger partial charge in [-0.25, -0.2) is 14.4 Å². The molecular weight excluding hydrogens is 535 g/mol. The highest BCUT2D eigenvalue weighted by Gasteiger charge is 2.18. The molecule has 5 rings (SSSR count). The summed E-state index contributed by atoms with van der Waals surface area (Å²) in [6, 6.07) is 13.7. The van der Waals surface area contributed by atoms with Gasteiger partial charge in [-0.15, -0.1) is 0 Å². The summed E-state index contributed by atoms with van der Waals surface area (Å²) in [5, 5.41) is 1.12. The van der Waals surface area contributed by atoms with Crippen molar-refractivity contribution >= 4 is 28.3 Å². The highest BCUT2D eigenvalue weighted by atomic mass is 35.5. The summed E-state index contributed by atoms with van der Waals surface area (Å²) in [6.45, 7) is 6.31. The first-order chi connectivity index (χ1) is 19.4. The number of nitrogens with zero attached hydrogens (tertiary/aromatic N) is 2. The van der Waals surface area contributed by atoms with E-state index in [-0.39, 0.29) is 30.5 Å². The molecule has 1 fully saturated rings. The molecule has 3 aromatic carbocycles. The normalized spacial score (nSPS) is 13.3. The van der Waals surface area contributed by atoms with E-state index in [1.165, 1.54) is 12.4 Å². The maximum absolute atomic E-state index is 14.1. The Labute approximate surface area is 237 Å². The predicted molar refractivity (Wildman–Crippen MR) is 150 cm³/mol. The molecule has 0 spiro atoms. The van der Waals surface area contributed by atoms with Crippen molar-refractivity contribution in [1.29, 1.82) is 0 Å². The third-order valence-electron chi connectivity index (χ3n) is 6.62.